The van der Waals surface area contributed by atoms with Gasteiger partial charge in [0.1, 0.15) is 18.2 Å². The van der Waals surface area contributed by atoms with Crippen molar-refractivity contribution in [3.8, 4) is 11.4 Å². The van der Waals surface area contributed by atoms with Crippen LogP contribution in [0.15, 0.2) is 59.3 Å². The maximum atomic E-state index is 12.5. The molecular formula is C22H25N3O4. The lowest BCUT2D eigenvalue weighted by atomic mass is 10.1. The predicted molar refractivity (Wildman–Crippen MR) is 107 cm³/mol. The number of aliphatic hydroxyl groups excluding tert-OH is 1. The smallest absolute Gasteiger partial charge is 0.287 e. The van der Waals surface area contributed by atoms with Crippen molar-refractivity contribution in [1.29, 1.82) is 0 Å². The Balaban J connectivity index is 1.38. The molecule has 7 nitrogen and oxygen atoms in total. The minimum atomic E-state index is -0.582. The quantitative estimate of drug-likeness (QED) is 0.642. The van der Waals surface area contributed by atoms with E-state index < -0.39 is 6.10 Å². The maximum Gasteiger partial charge on any atom is 0.287 e. The number of aromatic nitrogens is 2. The maximum absolute atomic E-state index is 12.5. The second-order valence-electron chi connectivity index (χ2n) is 7.45. The summed E-state index contributed by atoms with van der Waals surface area (Å²) in [5, 5.41) is 13.4. The van der Waals surface area contributed by atoms with E-state index in [0.29, 0.717) is 25.2 Å². The van der Waals surface area contributed by atoms with Crippen LogP contribution in [-0.4, -0.2) is 39.8 Å². The third-order valence-corrected chi connectivity index (χ3v) is 5.32. The zero-order valence-corrected chi connectivity index (χ0v) is 16.3. The molecule has 1 aliphatic rings. The highest BCUT2D eigenvalue weighted by molar-refractivity contribution is 5.91. The van der Waals surface area contributed by atoms with E-state index in [9.17, 15) is 9.90 Å². The minimum Gasteiger partial charge on any atom is -0.453 e. The Bertz CT molecular complexity index is 950. The zero-order valence-electron chi connectivity index (χ0n) is 16.3. The van der Waals surface area contributed by atoms with Crippen LogP contribution in [-0.2, 0) is 17.9 Å². The largest absolute Gasteiger partial charge is 0.453 e. The molecule has 1 amide bonds. The second kappa shape index (κ2) is 8.63. The molecule has 3 atom stereocenters. The van der Waals surface area contributed by atoms with E-state index in [0.717, 1.165) is 17.9 Å². The number of methoxy groups -OCH3 is 1. The molecule has 0 radical (unpaired) electrons. The lowest BCUT2D eigenvalue weighted by molar-refractivity contribution is 0.0838. The predicted octanol–water partition coefficient (Wildman–Crippen LogP) is 2.86. The number of benzene rings is 1. The summed E-state index contributed by atoms with van der Waals surface area (Å²) in [6.45, 7) is 1.06. The first-order valence-electron chi connectivity index (χ1n) is 9.77. The number of rotatable bonds is 7. The van der Waals surface area contributed by atoms with Crippen molar-refractivity contribution in [2.45, 2.75) is 38.1 Å². The molecule has 1 aliphatic carbocycles. The second-order valence-corrected chi connectivity index (χ2v) is 7.45. The van der Waals surface area contributed by atoms with Crippen molar-refractivity contribution < 1.29 is 19.1 Å². The van der Waals surface area contributed by atoms with E-state index in [4.69, 9.17) is 9.15 Å². The molecule has 0 aliphatic heterocycles. The van der Waals surface area contributed by atoms with Gasteiger partial charge in [-0.05, 0) is 30.9 Å². The Kier molecular flexibility index (Phi) is 5.78. The van der Waals surface area contributed by atoms with Crippen LogP contribution in [0.3, 0.4) is 0 Å². The number of carbonyl (C=O) groups excluding carboxylic acids is 1. The third-order valence-electron chi connectivity index (χ3n) is 5.32. The van der Waals surface area contributed by atoms with Crippen LogP contribution >= 0.6 is 0 Å². The fourth-order valence-corrected chi connectivity index (χ4v) is 3.96. The monoisotopic (exact) mass is 395 g/mol. The van der Waals surface area contributed by atoms with Crippen LogP contribution in [0, 0.1) is 5.92 Å². The summed E-state index contributed by atoms with van der Waals surface area (Å²) >= 11 is 0. The number of amides is 1. The summed E-state index contributed by atoms with van der Waals surface area (Å²) in [5.74, 6) is 1.66. The number of nitrogens with zero attached hydrogens (tertiary/aromatic N) is 2. The number of aliphatic hydroxyl groups is 1. The Labute approximate surface area is 169 Å². The van der Waals surface area contributed by atoms with Crippen molar-refractivity contribution in [2.24, 2.45) is 5.92 Å². The van der Waals surface area contributed by atoms with Crippen LogP contribution in [0.2, 0.25) is 0 Å². The van der Waals surface area contributed by atoms with E-state index in [1.54, 1.807) is 25.4 Å². The van der Waals surface area contributed by atoms with Crippen molar-refractivity contribution >= 4 is 5.91 Å². The number of nitrogens with one attached hydrogen (secondary N) is 1. The molecular weight excluding hydrogens is 370 g/mol. The van der Waals surface area contributed by atoms with Crippen LogP contribution in [0.25, 0.3) is 11.4 Å². The van der Waals surface area contributed by atoms with Gasteiger partial charge in [0.2, 0.25) is 0 Å². The molecule has 0 spiro atoms. The highest BCUT2D eigenvalue weighted by Crippen LogP contribution is 2.29. The first kappa shape index (κ1) is 19.4. The number of hydrogen-bond acceptors (Lipinski definition) is 5. The SMILES string of the molecule is COCc1ccc(C(=O)N[C@@H]2CC(Cn3ccnc3-c3ccccc3)C[C@H]2O)o1. The van der Waals surface area contributed by atoms with Gasteiger partial charge in [0.15, 0.2) is 5.76 Å². The summed E-state index contributed by atoms with van der Waals surface area (Å²) in [5.41, 5.74) is 1.06. The van der Waals surface area contributed by atoms with E-state index in [1.165, 1.54) is 0 Å². The van der Waals surface area contributed by atoms with Gasteiger partial charge in [-0.1, -0.05) is 30.3 Å². The Hall–Kier alpha value is -2.90. The molecule has 2 N–H and O–H groups in total. The van der Waals surface area contributed by atoms with E-state index in [-0.39, 0.29) is 23.6 Å². The molecule has 0 bridgehead atoms. The molecule has 7 heteroatoms. The average molecular weight is 395 g/mol. The third kappa shape index (κ3) is 4.41. The van der Waals surface area contributed by atoms with Crippen LogP contribution in [0.1, 0.15) is 29.2 Å². The fourth-order valence-electron chi connectivity index (χ4n) is 3.96. The highest BCUT2D eigenvalue weighted by atomic mass is 16.5. The van der Waals surface area contributed by atoms with E-state index in [2.05, 4.69) is 14.9 Å². The van der Waals surface area contributed by atoms with E-state index >= 15 is 0 Å². The average Bonchev–Trinajstić information content (AvgIpc) is 3.44. The van der Waals surface area contributed by atoms with Crippen molar-refractivity contribution in [3.63, 3.8) is 0 Å². The van der Waals surface area contributed by atoms with Crippen molar-refractivity contribution in [1.82, 2.24) is 14.9 Å². The van der Waals surface area contributed by atoms with Gasteiger partial charge in [-0.25, -0.2) is 4.98 Å². The number of hydrogen-bond donors (Lipinski definition) is 2. The summed E-state index contributed by atoms with van der Waals surface area (Å²) < 4.78 is 12.6. The first-order valence-corrected chi connectivity index (χ1v) is 9.77. The molecule has 4 rings (SSSR count). The van der Waals surface area contributed by atoms with Crippen molar-refractivity contribution in [3.05, 3.63) is 66.4 Å². The molecule has 0 saturated heterocycles. The standard InChI is InChI=1S/C22H25N3O4/c1-28-14-17-7-8-20(29-17)22(27)24-18-11-15(12-19(18)26)13-25-10-9-23-21(25)16-5-3-2-4-6-16/h2-10,15,18-19,26H,11-14H2,1H3,(H,24,27)/t15?,18-,19-/m1/s1. The van der Waals surface area contributed by atoms with E-state index in [1.807, 2.05) is 36.5 Å². The molecule has 1 fully saturated rings. The summed E-state index contributed by atoms with van der Waals surface area (Å²) in [4.78, 5) is 16.9. The number of ether oxygens (including phenoxy) is 1. The van der Waals surface area contributed by atoms with Gasteiger partial charge in [0, 0.05) is 31.6 Å². The molecule has 2 aromatic heterocycles. The minimum absolute atomic E-state index is 0.230. The fraction of sp³-hybridized carbons (Fsp3) is 0.364. The van der Waals surface area contributed by atoms with Gasteiger partial charge in [0.25, 0.3) is 5.91 Å². The van der Waals surface area contributed by atoms with Gasteiger partial charge < -0.3 is 24.1 Å². The molecule has 2 heterocycles. The zero-order chi connectivity index (χ0) is 20.2. The van der Waals surface area contributed by atoms with Crippen LogP contribution in [0.5, 0.6) is 0 Å². The van der Waals surface area contributed by atoms with Crippen molar-refractivity contribution in [2.75, 3.05) is 7.11 Å². The normalized spacial score (nSPS) is 21.4. The summed E-state index contributed by atoms with van der Waals surface area (Å²) in [6, 6.07) is 13.1. The van der Waals surface area contributed by atoms with Gasteiger partial charge in [-0.3, -0.25) is 4.79 Å². The lowest BCUT2D eigenvalue weighted by Gasteiger charge is -2.16. The number of furan rings is 1. The molecule has 1 saturated carbocycles. The number of carbonyl (C=O) groups is 1. The Morgan fingerprint density at radius 1 is 1.28 bits per heavy atom. The highest BCUT2D eigenvalue weighted by Gasteiger charge is 2.35. The summed E-state index contributed by atoms with van der Waals surface area (Å²) in [6.07, 6.45) is 4.50. The molecule has 1 aromatic carbocycles. The molecule has 29 heavy (non-hydrogen) atoms. The van der Waals surface area contributed by atoms with Crippen LogP contribution in [0.4, 0.5) is 0 Å². The van der Waals surface area contributed by atoms with Gasteiger partial charge in [-0.15, -0.1) is 0 Å². The van der Waals surface area contributed by atoms with Crippen LogP contribution < -0.4 is 5.32 Å². The van der Waals surface area contributed by atoms with Gasteiger partial charge in [0.05, 0.1) is 12.1 Å². The van der Waals surface area contributed by atoms with Gasteiger partial charge in [-0.2, -0.15) is 0 Å². The Morgan fingerprint density at radius 2 is 2.10 bits per heavy atom. The lowest BCUT2D eigenvalue weighted by Crippen LogP contribution is -2.39. The first-order chi connectivity index (χ1) is 14.1. The van der Waals surface area contributed by atoms with Gasteiger partial charge >= 0.3 is 0 Å². The Morgan fingerprint density at radius 3 is 2.90 bits per heavy atom. The summed E-state index contributed by atoms with van der Waals surface area (Å²) in [7, 11) is 1.57. The molecule has 1 unspecified atom stereocenters. The molecule has 3 aromatic rings. The molecule has 152 valence electrons. The topological polar surface area (TPSA) is 89.5 Å². The number of imidazole rings is 1.